The van der Waals surface area contributed by atoms with Crippen molar-refractivity contribution in [2.75, 3.05) is 12.4 Å². The molecule has 0 aliphatic heterocycles. The minimum atomic E-state index is -0.770. The first-order valence-corrected chi connectivity index (χ1v) is 7.69. The average Bonchev–Trinajstić information content (AvgIpc) is 2.91. The summed E-state index contributed by atoms with van der Waals surface area (Å²) in [7, 11) is 1.54. The van der Waals surface area contributed by atoms with Crippen molar-refractivity contribution in [2.24, 2.45) is 5.73 Å². The van der Waals surface area contributed by atoms with E-state index >= 15 is 0 Å². The van der Waals surface area contributed by atoms with Crippen molar-refractivity contribution in [3.05, 3.63) is 58.8 Å². The maximum absolute atomic E-state index is 13.0. The van der Waals surface area contributed by atoms with E-state index in [0.29, 0.717) is 22.3 Å². The summed E-state index contributed by atoms with van der Waals surface area (Å²) in [5, 5.41) is 3.08. The number of hydrogen-bond acceptors (Lipinski definition) is 4. The van der Waals surface area contributed by atoms with Gasteiger partial charge in [0.25, 0.3) is 0 Å². The topological polar surface area (TPSA) is 94.6 Å². The predicted octanol–water partition coefficient (Wildman–Crippen LogP) is 3.78. The van der Waals surface area contributed by atoms with Gasteiger partial charge in [-0.25, -0.2) is 4.79 Å². The Morgan fingerprint density at radius 2 is 1.88 bits per heavy atom. The molecule has 2 aromatic carbocycles. The number of primary amides is 1. The van der Waals surface area contributed by atoms with Crippen LogP contribution in [0.2, 0.25) is 0 Å². The van der Waals surface area contributed by atoms with E-state index in [0.717, 1.165) is 11.1 Å². The lowest BCUT2D eigenvalue weighted by Crippen LogP contribution is -2.20. The molecule has 0 radical (unpaired) electrons. The molecule has 1 heterocycles. The Hall–Kier alpha value is -3.28. The molecule has 2 amide bonds. The molecule has 0 aliphatic rings. The van der Waals surface area contributed by atoms with Gasteiger partial charge in [0.15, 0.2) is 5.76 Å². The van der Waals surface area contributed by atoms with Gasteiger partial charge in [-0.3, -0.25) is 4.79 Å². The number of urea groups is 1. The van der Waals surface area contributed by atoms with Crippen LogP contribution in [0.5, 0.6) is 5.75 Å². The number of fused-ring (bicyclic) bond motifs is 1. The number of rotatable bonds is 4. The normalized spacial score (nSPS) is 10.7. The average molecular weight is 338 g/mol. The van der Waals surface area contributed by atoms with E-state index in [4.69, 9.17) is 14.9 Å². The molecule has 0 atom stereocenters. The highest BCUT2D eigenvalue weighted by atomic mass is 16.5. The number of nitrogens with one attached hydrogen (secondary N) is 1. The van der Waals surface area contributed by atoms with Crippen LogP contribution in [0.3, 0.4) is 0 Å². The Morgan fingerprint density at radius 1 is 1.12 bits per heavy atom. The third-order valence-corrected chi connectivity index (χ3v) is 3.98. The Bertz CT molecular complexity index is 988. The molecule has 0 unspecified atom stereocenters. The van der Waals surface area contributed by atoms with E-state index in [1.165, 1.54) is 7.11 Å². The van der Waals surface area contributed by atoms with Gasteiger partial charge in [0, 0.05) is 17.0 Å². The zero-order valence-corrected chi connectivity index (χ0v) is 14.2. The number of amides is 2. The van der Waals surface area contributed by atoms with Gasteiger partial charge >= 0.3 is 6.03 Å². The first-order valence-electron chi connectivity index (χ1n) is 7.69. The van der Waals surface area contributed by atoms with Crippen LogP contribution in [0.25, 0.3) is 11.0 Å². The summed E-state index contributed by atoms with van der Waals surface area (Å²) in [6.07, 6.45) is 0. The molecule has 25 heavy (non-hydrogen) atoms. The van der Waals surface area contributed by atoms with E-state index in [2.05, 4.69) is 5.32 Å². The minimum Gasteiger partial charge on any atom is -0.497 e. The Morgan fingerprint density at radius 3 is 2.52 bits per heavy atom. The molecular weight excluding hydrogens is 320 g/mol. The number of nitrogens with two attached hydrogens (primary N) is 1. The van der Waals surface area contributed by atoms with Gasteiger partial charge in [-0.05, 0) is 31.5 Å². The highest BCUT2D eigenvalue weighted by Crippen LogP contribution is 2.35. The summed E-state index contributed by atoms with van der Waals surface area (Å²) in [6, 6.07) is 9.83. The van der Waals surface area contributed by atoms with Crippen LogP contribution in [0.4, 0.5) is 10.5 Å². The Kier molecular flexibility index (Phi) is 4.19. The molecule has 0 bridgehead atoms. The predicted molar refractivity (Wildman–Crippen MR) is 95.3 cm³/mol. The monoisotopic (exact) mass is 338 g/mol. The molecule has 1 aromatic heterocycles. The highest BCUT2D eigenvalue weighted by Gasteiger charge is 2.24. The van der Waals surface area contributed by atoms with Crippen molar-refractivity contribution < 1.29 is 18.7 Å². The van der Waals surface area contributed by atoms with E-state index in [1.54, 1.807) is 24.3 Å². The van der Waals surface area contributed by atoms with Crippen molar-refractivity contribution in [1.29, 1.82) is 0 Å². The highest BCUT2D eigenvalue weighted by molar-refractivity contribution is 6.17. The molecule has 3 rings (SSSR count). The second-order valence-corrected chi connectivity index (χ2v) is 5.81. The van der Waals surface area contributed by atoms with Crippen LogP contribution >= 0.6 is 0 Å². The standard InChI is InChI=1S/C19H18N2O4/c1-10-4-6-13(11(2)8-10)17(22)18-16(21-19(20)23)14-7-5-12(24-3)9-15(14)25-18/h4-9H,1-3H3,(H3,20,21,23). The molecule has 6 heteroatoms. The molecule has 3 aromatic rings. The Labute approximate surface area is 144 Å². The lowest BCUT2D eigenvalue weighted by atomic mass is 10.00. The second kappa shape index (κ2) is 6.32. The van der Waals surface area contributed by atoms with Crippen LogP contribution in [0.15, 0.2) is 40.8 Å². The Balaban J connectivity index is 2.19. The number of anilines is 1. The maximum Gasteiger partial charge on any atom is 0.316 e. The third-order valence-electron chi connectivity index (χ3n) is 3.98. The van der Waals surface area contributed by atoms with Gasteiger partial charge in [0.05, 0.1) is 7.11 Å². The first-order chi connectivity index (χ1) is 11.9. The zero-order chi connectivity index (χ0) is 18.1. The number of furan rings is 1. The van der Waals surface area contributed by atoms with Gasteiger partial charge in [0.2, 0.25) is 5.78 Å². The van der Waals surface area contributed by atoms with Crippen molar-refractivity contribution in [1.82, 2.24) is 0 Å². The van der Waals surface area contributed by atoms with Crippen LogP contribution < -0.4 is 15.8 Å². The SMILES string of the molecule is COc1ccc2c(NC(N)=O)c(C(=O)c3ccc(C)cc3C)oc2c1. The fraction of sp³-hybridized carbons (Fsp3) is 0.158. The van der Waals surface area contributed by atoms with Gasteiger partial charge in [-0.15, -0.1) is 0 Å². The molecule has 3 N–H and O–H groups in total. The number of hydrogen-bond donors (Lipinski definition) is 2. The summed E-state index contributed by atoms with van der Waals surface area (Å²) in [5.74, 6) is 0.294. The molecule has 0 saturated carbocycles. The van der Waals surface area contributed by atoms with E-state index in [1.807, 2.05) is 26.0 Å². The van der Waals surface area contributed by atoms with E-state index < -0.39 is 6.03 Å². The van der Waals surface area contributed by atoms with Crippen LogP contribution in [0, 0.1) is 13.8 Å². The molecule has 0 spiro atoms. The summed E-state index contributed by atoms with van der Waals surface area (Å²) in [4.78, 5) is 24.4. The van der Waals surface area contributed by atoms with Crippen molar-refractivity contribution in [3.8, 4) is 5.75 Å². The third kappa shape index (κ3) is 3.06. The fourth-order valence-electron chi connectivity index (χ4n) is 2.80. The molecule has 0 saturated heterocycles. The number of ketones is 1. The number of carbonyl (C=O) groups is 2. The molecule has 0 aliphatic carbocycles. The number of methoxy groups -OCH3 is 1. The van der Waals surface area contributed by atoms with Gasteiger partial charge in [0.1, 0.15) is 17.0 Å². The molecule has 6 nitrogen and oxygen atoms in total. The van der Waals surface area contributed by atoms with Gasteiger partial charge in [-0.1, -0.05) is 23.8 Å². The van der Waals surface area contributed by atoms with Crippen molar-refractivity contribution in [2.45, 2.75) is 13.8 Å². The number of ether oxygens (including phenoxy) is 1. The second-order valence-electron chi connectivity index (χ2n) is 5.81. The summed E-state index contributed by atoms with van der Waals surface area (Å²) in [5.41, 5.74) is 8.33. The summed E-state index contributed by atoms with van der Waals surface area (Å²) >= 11 is 0. The molecule has 128 valence electrons. The van der Waals surface area contributed by atoms with E-state index in [-0.39, 0.29) is 17.2 Å². The number of aryl methyl sites for hydroxylation is 2. The lowest BCUT2D eigenvalue weighted by Gasteiger charge is -2.06. The van der Waals surface area contributed by atoms with Crippen LogP contribution in [-0.2, 0) is 0 Å². The molecular formula is C19H18N2O4. The lowest BCUT2D eigenvalue weighted by molar-refractivity contribution is 0.101. The van der Waals surface area contributed by atoms with E-state index in [9.17, 15) is 9.59 Å². The quantitative estimate of drug-likeness (QED) is 0.708. The zero-order valence-electron chi connectivity index (χ0n) is 14.2. The van der Waals surface area contributed by atoms with Crippen molar-refractivity contribution >= 4 is 28.5 Å². The minimum absolute atomic E-state index is 0.0361. The summed E-state index contributed by atoms with van der Waals surface area (Å²) < 4.78 is 10.9. The smallest absolute Gasteiger partial charge is 0.316 e. The fourth-order valence-corrected chi connectivity index (χ4v) is 2.80. The van der Waals surface area contributed by atoms with Gasteiger partial charge in [-0.2, -0.15) is 0 Å². The first kappa shape index (κ1) is 16.6. The van der Waals surface area contributed by atoms with Crippen molar-refractivity contribution in [3.63, 3.8) is 0 Å². The number of benzene rings is 2. The van der Waals surface area contributed by atoms with Crippen LogP contribution in [0.1, 0.15) is 27.2 Å². The maximum atomic E-state index is 13.0. The summed E-state index contributed by atoms with van der Waals surface area (Å²) in [6.45, 7) is 3.81. The largest absolute Gasteiger partial charge is 0.497 e. The molecule has 0 fully saturated rings. The van der Waals surface area contributed by atoms with Crippen LogP contribution in [-0.4, -0.2) is 18.9 Å². The number of carbonyl (C=O) groups excluding carboxylic acids is 2. The van der Waals surface area contributed by atoms with Gasteiger partial charge < -0.3 is 20.2 Å².